The Morgan fingerprint density at radius 1 is 1.19 bits per heavy atom. The Morgan fingerprint density at radius 2 is 1.92 bits per heavy atom. The molecule has 1 aliphatic rings. The lowest BCUT2D eigenvalue weighted by molar-refractivity contribution is -0.384. The Balaban J connectivity index is 1.60. The number of hydrogen-bond acceptors (Lipinski definition) is 6. The molecular weight excluding hydrogens is 334 g/mol. The van der Waals surface area contributed by atoms with Gasteiger partial charge in [0.15, 0.2) is 0 Å². The van der Waals surface area contributed by atoms with Gasteiger partial charge in [0.05, 0.1) is 17.1 Å². The third-order valence-corrected chi connectivity index (χ3v) is 4.45. The highest BCUT2D eigenvalue weighted by atomic mass is 16.6. The number of hydrogen-bond donors (Lipinski definition) is 0. The fourth-order valence-electron chi connectivity index (χ4n) is 3.10. The number of nitrogens with zero attached hydrogens (tertiary/aromatic N) is 3. The number of carbonyl (C=O) groups excluding carboxylic acids is 1. The van der Waals surface area contributed by atoms with Crippen molar-refractivity contribution < 1.29 is 14.5 Å². The van der Waals surface area contributed by atoms with Gasteiger partial charge in [0, 0.05) is 31.5 Å². The van der Waals surface area contributed by atoms with Crippen LogP contribution in [0.4, 0.5) is 11.4 Å². The van der Waals surface area contributed by atoms with Crippen LogP contribution in [0.2, 0.25) is 0 Å². The molecule has 2 aromatic rings. The molecule has 136 valence electrons. The lowest BCUT2D eigenvalue weighted by atomic mass is 10.1. The zero-order chi connectivity index (χ0) is 18.4. The summed E-state index contributed by atoms with van der Waals surface area (Å²) in [6.45, 7) is 1.88. The van der Waals surface area contributed by atoms with Crippen molar-refractivity contribution in [2.75, 3.05) is 24.6 Å². The minimum absolute atomic E-state index is 0.0434. The number of nitro groups is 1. The maximum Gasteiger partial charge on any atom is 0.338 e. The SMILES string of the molecule is O=C(OCCCc1ccncc1)c1ccc(N2CCCC2)c([N+](=O)[O-])c1. The second-order valence-electron chi connectivity index (χ2n) is 6.25. The number of esters is 1. The highest BCUT2D eigenvalue weighted by molar-refractivity contribution is 5.91. The number of carbonyl (C=O) groups is 1. The van der Waals surface area contributed by atoms with Crippen molar-refractivity contribution in [3.05, 3.63) is 64.0 Å². The van der Waals surface area contributed by atoms with Crippen LogP contribution in [-0.2, 0) is 11.2 Å². The fourth-order valence-corrected chi connectivity index (χ4v) is 3.10. The molecular formula is C19H21N3O4. The van der Waals surface area contributed by atoms with Gasteiger partial charge in [-0.3, -0.25) is 15.1 Å². The predicted molar refractivity (Wildman–Crippen MR) is 97.4 cm³/mol. The molecule has 1 fully saturated rings. The molecule has 0 unspecified atom stereocenters. The quantitative estimate of drug-likeness (QED) is 0.328. The maximum absolute atomic E-state index is 12.2. The van der Waals surface area contributed by atoms with Crippen LogP contribution < -0.4 is 4.90 Å². The first-order chi connectivity index (χ1) is 12.6. The standard InChI is InChI=1S/C19H21N3O4/c23-19(26-13-3-4-15-7-9-20-10-8-15)16-5-6-17(18(14-16)22(24)25)21-11-1-2-12-21/h5-10,14H,1-4,11-13H2. The van der Waals surface area contributed by atoms with Crippen molar-refractivity contribution in [2.45, 2.75) is 25.7 Å². The van der Waals surface area contributed by atoms with E-state index in [0.717, 1.165) is 37.9 Å². The number of pyridine rings is 1. The molecule has 3 rings (SSSR count). The molecule has 0 amide bonds. The predicted octanol–water partition coefficient (Wildman–Crippen LogP) is 3.38. The van der Waals surface area contributed by atoms with Crippen LogP contribution in [0.1, 0.15) is 35.2 Å². The Labute approximate surface area is 151 Å². The summed E-state index contributed by atoms with van der Waals surface area (Å²) in [7, 11) is 0. The van der Waals surface area contributed by atoms with E-state index in [2.05, 4.69) is 4.98 Å². The molecule has 7 heteroatoms. The summed E-state index contributed by atoms with van der Waals surface area (Å²) in [6, 6.07) is 8.41. The van der Waals surface area contributed by atoms with Crippen LogP contribution in [0.15, 0.2) is 42.7 Å². The number of aromatic nitrogens is 1. The largest absolute Gasteiger partial charge is 0.462 e. The summed E-state index contributed by atoms with van der Waals surface area (Å²) < 4.78 is 5.26. The first kappa shape index (κ1) is 17.8. The van der Waals surface area contributed by atoms with E-state index < -0.39 is 10.9 Å². The van der Waals surface area contributed by atoms with Crippen LogP contribution in [0, 0.1) is 10.1 Å². The molecule has 0 aliphatic carbocycles. The Bertz CT molecular complexity index is 774. The molecule has 1 aromatic carbocycles. The smallest absolute Gasteiger partial charge is 0.338 e. The minimum Gasteiger partial charge on any atom is -0.462 e. The van der Waals surface area contributed by atoms with Crippen LogP contribution in [0.5, 0.6) is 0 Å². The number of anilines is 1. The summed E-state index contributed by atoms with van der Waals surface area (Å²) in [5.74, 6) is -0.532. The minimum atomic E-state index is -0.532. The molecule has 0 saturated carbocycles. The van der Waals surface area contributed by atoms with Gasteiger partial charge in [0.2, 0.25) is 0 Å². The van der Waals surface area contributed by atoms with Crippen molar-refractivity contribution in [2.24, 2.45) is 0 Å². The van der Waals surface area contributed by atoms with Gasteiger partial charge in [-0.2, -0.15) is 0 Å². The Kier molecular flexibility index (Phi) is 5.78. The van der Waals surface area contributed by atoms with E-state index in [1.807, 2.05) is 17.0 Å². The maximum atomic E-state index is 12.2. The monoisotopic (exact) mass is 355 g/mol. The molecule has 26 heavy (non-hydrogen) atoms. The first-order valence-corrected chi connectivity index (χ1v) is 8.74. The van der Waals surface area contributed by atoms with E-state index in [4.69, 9.17) is 4.74 Å². The van der Waals surface area contributed by atoms with Gasteiger partial charge in [0.25, 0.3) is 5.69 Å². The number of rotatable bonds is 7. The van der Waals surface area contributed by atoms with Gasteiger partial charge < -0.3 is 9.64 Å². The fraction of sp³-hybridized carbons (Fsp3) is 0.368. The molecule has 0 atom stereocenters. The number of ether oxygens (including phenoxy) is 1. The van der Waals surface area contributed by atoms with Gasteiger partial charge in [-0.1, -0.05) is 0 Å². The topological polar surface area (TPSA) is 85.6 Å². The highest BCUT2D eigenvalue weighted by Gasteiger charge is 2.24. The Hall–Kier alpha value is -2.96. The first-order valence-electron chi connectivity index (χ1n) is 8.74. The van der Waals surface area contributed by atoms with Crippen molar-refractivity contribution in [3.8, 4) is 0 Å². The molecule has 0 radical (unpaired) electrons. The normalized spacial score (nSPS) is 13.6. The highest BCUT2D eigenvalue weighted by Crippen LogP contribution is 2.31. The average molecular weight is 355 g/mol. The summed E-state index contributed by atoms with van der Waals surface area (Å²) in [5.41, 5.74) is 1.87. The van der Waals surface area contributed by atoms with E-state index in [9.17, 15) is 14.9 Å². The van der Waals surface area contributed by atoms with Gasteiger partial charge >= 0.3 is 5.97 Å². The van der Waals surface area contributed by atoms with Crippen LogP contribution in [0.3, 0.4) is 0 Å². The molecule has 7 nitrogen and oxygen atoms in total. The molecule has 0 N–H and O–H groups in total. The van der Waals surface area contributed by atoms with Crippen LogP contribution >= 0.6 is 0 Å². The molecule has 0 spiro atoms. The van der Waals surface area contributed by atoms with Crippen molar-refractivity contribution >= 4 is 17.3 Å². The van der Waals surface area contributed by atoms with E-state index in [1.54, 1.807) is 24.5 Å². The molecule has 2 heterocycles. The number of benzene rings is 1. The summed E-state index contributed by atoms with van der Waals surface area (Å²) in [5, 5.41) is 11.4. The Morgan fingerprint density at radius 3 is 2.62 bits per heavy atom. The zero-order valence-electron chi connectivity index (χ0n) is 14.5. The van der Waals surface area contributed by atoms with Crippen molar-refractivity contribution in [1.82, 2.24) is 4.98 Å². The van der Waals surface area contributed by atoms with E-state index in [-0.39, 0.29) is 17.9 Å². The molecule has 1 aliphatic heterocycles. The second-order valence-corrected chi connectivity index (χ2v) is 6.25. The molecule has 0 bridgehead atoms. The number of aryl methyl sites for hydroxylation is 1. The molecule has 1 saturated heterocycles. The lowest BCUT2D eigenvalue weighted by Crippen LogP contribution is -2.19. The van der Waals surface area contributed by atoms with E-state index >= 15 is 0 Å². The van der Waals surface area contributed by atoms with E-state index in [1.165, 1.54) is 6.07 Å². The third-order valence-electron chi connectivity index (χ3n) is 4.45. The van der Waals surface area contributed by atoms with Crippen LogP contribution in [0.25, 0.3) is 0 Å². The van der Waals surface area contributed by atoms with Crippen LogP contribution in [-0.4, -0.2) is 35.6 Å². The van der Waals surface area contributed by atoms with Crippen molar-refractivity contribution in [1.29, 1.82) is 0 Å². The second kappa shape index (κ2) is 8.42. The lowest BCUT2D eigenvalue weighted by Gasteiger charge is -2.17. The average Bonchev–Trinajstić information content (AvgIpc) is 3.20. The van der Waals surface area contributed by atoms with Gasteiger partial charge in [-0.05, 0) is 55.5 Å². The van der Waals surface area contributed by atoms with Gasteiger partial charge in [-0.25, -0.2) is 4.79 Å². The van der Waals surface area contributed by atoms with Gasteiger partial charge in [-0.15, -0.1) is 0 Å². The summed E-state index contributed by atoms with van der Waals surface area (Å²) in [6.07, 6.45) is 6.97. The summed E-state index contributed by atoms with van der Waals surface area (Å²) in [4.78, 5) is 29.1. The number of nitro benzene ring substituents is 1. The summed E-state index contributed by atoms with van der Waals surface area (Å²) >= 11 is 0. The van der Waals surface area contributed by atoms with E-state index in [0.29, 0.717) is 12.1 Å². The molecule has 1 aromatic heterocycles. The zero-order valence-corrected chi connectivity index (χ0v) is 14.5. The van der Waals surface area contributed by atoms with Gasteiger partial charge in [0.1, 0.15) is 5.69 Å². The third kappa shape index (κ3) is 4.36. The van der Waals surface area contributed by atoms with Crippen molar-refractivity contribution in [3.63, 3.8) is 0 Å².